The van der Waals surface area contributed by atoms with E-state index in [9.17, 15) is 4.79 Å². The molecule has 0 atom stereocenters. The van der Waals surface area contributed by atoms with Crippen LogP contribution in [0.1, 0.15) is 37.1 Å². The summed E-state index contributed by atoms with van der Waals surface area (Å²) in [6.07, 6.45) is 1.93. The van der Waals surface area contributed by atoms with Gasteiger partial charge >= 0.3 is 0 Å². The number of rotatable bonds is 12. The predicted octanol–water partition coefficient (Wildman–Crippen LogP) is 2.15. The fourth-order valence-corrected chi connectivity index (χ4v) is 2.50. The minimum absolute atomic E-state index is 0.0410. The number of carbonyl (C=O) groups excluding carboxylic acids is 1. The molecule has 1 N–H and O–H groups in total. The Balaban J connectivity index is 1.82. The largest absolute Gasteiger partial charge is 0.497 e. The number of nitrogens with one attached hydrogen (secondary N) is 1. The van der Waals surface area contributed by atoms with E-state index in [0.29, 0.717) is 50.8 Å². The van der Waals surface area contributed by atoms with Crippen LogP contribution in [-0.2, 0) is 22.4 Å². The van der Waals surface area contributed by atoms with Crippen molar-refractivity contribution >= 4 is 5.91 Å². The molecule has 0 saturated heterocycles. The lowest BCUT2D eigenvalue weighted by molar-refractivity contribution is -0.121. The number of nitrogens with zero attached hydrogens (tertiary/aromatic N) is 2. The summed E-state index contributed by atoms with van der Waals surface area (Å²) in [6, 6.07) is 5.54. The van der Waals surface area contributed by atoms with Crippen molar-refractivity contribution in [1.82, 2.24) is 15.5 Å². The van der Waals surface area contributed by atoms with Gasteiger partial charge in [-0.15, -0.1) is 10.2 Å². The van der Waals surface area contributed by atoms with Crippen LogP contribution >= 0.6 is 0 Å². The van der Waals surface area contributed by atoms with Gasteiger partial charge in [-0.25, -0.2) is 0 Å². The molecular weight excluding hydrogens is 350 g/mol. The summed E-state index contributed by atoms with van der Waals surface area (Å²) in [5.74, 6) is 2.32. The van der Waals surface area contributed by atoms with E-state index in [-0.39, 0.29) is 5.91 Å². The van der Waals surface area contributed by atoms with E-state index in [1.54, 1.807) is 14.2 Å². The van der Waals surface area contributed by atoms with E-state index >= 15 is 0 Å². The highest BCUT2D eigenvalue weighted by Gasteiger charge is 2.13. The molecule has 27 heavy (non-hydrogen) atoms. The van der Waals surface area contributed by atoms with Crippen LogP contribution in [0.5, 0.6) is 11.5 Å². The lowest BCUT2D eigenvalue weighted by Gasteiger charge is -2.08. The number of amides is 1. The summed E-state index contributed by atoms with van der Waals surface area (Å²) in [4.78, 5) is 11.8. The summed E-state index contributed by atoms with van der Waals surface area (Å²) in [5, 5.41) is 10.9. The minimum atomic E-state index is -0.0410. The molecule has 0 aliphatic rings. The molecule has 8 nitrogen and oxygen atoms in total. The number of hydrogen-bond donors (Lipinski definition) is 1. The van der Waals surface area contributed by atoms with E-state index in [4.69, 9.17) is 18.6 Å². The quantitative estimate of drug-likeness (QED) is 0.566. The molecule has 1 heterocycles. The molecule has 0 spiro atoms. The topological polar surface area (TPSA) is 95.7 Å². The maximum Gasteiger partial charge on any atom is 0.221 e. The SMILES string of the molecule is CCOCCCNC(=O)CCc1nnc(Cc2cc(OC)ccc2OC)o1. The molecule has 2 aromatic rings. The van der Waals surface area contributed by atoms with Gasteiger partial charge in [0, 0.05) is 38.2 Å². The Morgan fingerprint density at radius 1 is 1.19 bits per heavy atom. The fraction of sp³-hybridized carbons (Fsp3) is 0.526. The van der Waals surface area contributed by atoms with Gasteiger partial charge in [0.25, 0.3) is 0 Å². The minimum Gasteiger partial charge on any atom is -0.497 e. The molecule has 0 aliphatic heterocycles. The number of benzene rings is 1. The van der Waals surface area contributed by atoms with Gasteiger partial charge in [-0.3, -0.25) is 4.79 Å². The van der Waals surface area contributed by atoms with Crippen molar-refractivity contribution in [2.45, 2.75) is 32.6 Å². The first-order valence-electron chi connectivity index (χ1n) is 9.02. The maximum atomic E-state index is 11.8. The smallest absolute Gasteiger partial charge is 0.221 e. The first-order chi connectivity index (χ1) is 13.2. The number of aromatic nitrogens is 2. The molecule has 0 radical (unpaired) electrons. The number of aryl methyl sites for hydroxylation is 1. The molecule has 0 aliphatic carbocycles. The summed E-state index contributed by atoms with van der Waals surface area (Å²) in [5.41, 5.74) is 0.888. The molecule has 1 amide bonds. The first-order valence-corrected chi connectivity index (χ1v) is 9.02. The van der Waals surface area contributed by atoms with Crippen LogP contribution in [0.2, 0.25) is 0 Å². The van der Waals surface area contributed by atoms with Gasteiger partial charge in [0.15, 0.2) is 0 Å². The maximum absolute atomic E-state index is 11.8. The van der Waals surface area contributed by atoms with Gasteiger partial charge in [0.05, 0.1) is 20.6 Å². The van der Waals surface area contributed by atoms with Crippen molar-refractivity contribution in [2.75, 3.05) is 34.0 Å². The van der Waals surface area contributed by atoms with Crippen LogP contribution in [0.25, 0.3) is 0 Å². The van der Waals surface area contributed by atoms with Crippen molar-refractivity contribution in [3.63, 3.8) is 0 Å². The van der Waals surface area contributed by atoms with E-state index in [1.165, 1.54) is 0 Å². The third-order valence-corrected chi connectivity index (χ3v) is 3.90. The number of carbonyl (C=O) groups is 1. The molecule has 1 aromatic heterocycles. The normalized spacial score (nSPS) is 10.6. The lowest BCUT2D eigenvalue weighted by Crippen LogP contribution is -2.25. The van der Waals surface area contributed by atoms with Crippen LogP contribution in [0.4, 0.5) is 0 Å². The predicted molar refractivity (Wildman–Crippen MR) is 99.1 cm³/mol. The molecule has 0 unspecified atom stereocenters. The summed E-state index contributed by atoms with van der Waals surface area (Å²) in [7, 11) is 3.22. The van der Waals surface area contributed by atoms with Crippen LogP contribution in [0.3, 0.4) is 0 Å². The van der Waals surface area contributed by atoms with Crippen molar-refractivity contribution in [2.24, 2.45) is 0 Å². The highest BCUT2D eigenvalue weighted by molar-refractivity contribution is 5.75. The van der Waals surface area contributed by atoms with Crippen molar-refractivity contribution in [1.29, 1.82) is 0 Å². The zero-order valence-corrected chi connectivity index (χ0v) is 16.1. The van der Waals surface area contributed by atoms with Crippen molar-refractivity contribution < 1.29 is 23.4 Å². The number of ether oxygens (including phenoxy) is 3. The molecule has 0 saturated carbocycles. The van der Waals surface area contributed by atoms with Crippen LogP contribution in [0.15, 0.2) is 22.6 Å². The first kappa shape index (κ1) is 20.7. The van der Waals surface area contributed by atoms with Crippen LogP contribution in [0, 0.1) is 0 Å². The summed E-state index contributed by atoms with van der Waals surface area (Å²) in [6.45, 7) is 3.89. The van der Waals surface area contributed by atoms with Gasteiger partial charge in [-0.1, -0.05) is 0 Å². The monoisotopic (exact) mass is 377 g/mol. The Morgan fingerprint density at radius 2 is 2.00 bits per heavy atom. The molecule has 8 heteroatoms. The van der Waals surface area contributed by atoms with E-state index in [2.05, 4.69) is 15.5 Å². The Hall–Kier alpha value is -2.61. The molecule has 0 bridgehead atoms. The van der Waals surface area contributed by atoms with Gasteiger partial charge < -0.3 is 23.9 Å². The number of methoxy groups -OCH3 is 2. The molecule has 2 rings (SSSR count). The second kappa shape index (κ2) is 11.2. The Labute approximate surface area is 159 Å². The second-order valence-electron chi connectivity index (χ2n) is 5.84. The summed E-state index contributed by atoms with van der Waals surface area (Å²) >= 11 is 0. The molecule has 1 aromatic carbocycles. The van der Waals surface area contributed by atoms with Gasteiger partial charge in [0.2, 0.25) is 17.7 Å². The standard InChI is InChI=1S/C19H27N3O5/c1-4-26-11-5-10-20-17(23)8-9-18-21-22-19(27-18)13-14-12-15(24-2)6-7-16(14)25-3/h6-7,12H,4-5,8-11,13H2,1-3H3,(H,20,23). The second-order valence-corrected chi connectivity index (χ2v) is 5.84. The van der Waals surface area contributed by atoms with E-state index in [1.807, 2.05) is 25.1 Å². The highest BCUT2D eigenvalue weighted by Crippen LogP contribution is 2.26. The summed E-state index contributed by atoms with van der Waals surface area (Å²) < 4.78 is 21.5. The van der Waals surface area contributed by atoms with Gasteiger partial charge in [0.1, 0.15) is 11.5 Å². The Kier molecular flexibility index (Phi) is 8.57. The van der Waals surface area contributed by atoms with E-state index < -0.39 is 0 Å². The van der Waals surface area contributed by atoms with Crippen LogP contribution in [-0.4, -0.2) is 50.1 Å². The zero-order chi connectivity index (χ0) is 19.5. The van der Waals surface area contributed by atoms with Crippen LogP contribution < -0.4 is 14.8 Å². The molecule has 0 fully saturated rings. The average molecular weight is 377 g/mol. The zero-order valence-electron chi connectivity index (χ0n) is 16.1. The highest BCUT2D eigenvalue weighted by atomic mass is 16.5. The average Bonchev–Trinajstić information content (AvgIpc) is 3.13. The molecular formula is C19H27N3O5. The Morgan fingerprint density at radius 3 is 2.74 bits per heavy atom. The Bertz CT molecular complexity index is 717. The number of hydrogen-bond acceptors (Lipinski definition) is 7. The van der Waals surface area contributed by atoms with Crippen molar-refractivity contribution in [3.8, 4) is 11.5 Å². The van der Waals surface area contributed by atoms with Gasteiger partial charge in [-0.05, 0) is 31.5 Å². The molecule has 148 valence electrons. The van der Waals surface area contributed by atoms with Gasteiger partial charge in [-0.2, -0.15) is 0 Å². The lowest BCUT2D eigenvalue weighted by atomic mass is 10.1. The third kappa shape index (κ3) is 6.90. The van der Waals surface area contributed by atoms with E-state index in [0.717, 1.165) is 23.5 Å². The fourth-order valence-electron chi connectivity index (χ4n) is 2.50. The van der Waals surface area contributed by atoms with Crippen molar-refractivity contribution in [3.05, 3.63) is 35.5 Å². The third-order valence-electron chi connectivity index (χ3n) is 3.90.